The standard InChI is InChI=1S/C22H31N3O4/c1-14(2)25-12-15(3)18(13-24(7)21(27)29-22(4,5)6)28-19-16(11-23)9-8-10-17(19)20(25)26/h8-10,14-15,18H,12-13H2,1-7H3. The first kappa shape index (κ1) is 22.5. The molecule has 2 unspecified atom stereocenters. The van der Waals surface area contributed by atoms with Crippen molar-refractivity contribution in [1.29, 1.82) is 5.26 Å². The van der Waals surface area contributed by atoms with Crippen LogP contribution in [0.1, 0.15) is 57.5 Å². The quantitative estimate of drug-likeness (QED) is 0.772. The smallest absolute Gasteiger partial charge is 0.410 e. The lowest BCUT2D eigenvalue weighted by Crippen LogP contribution is -2.49. The maximum atomic E-state index is 13.1. The maximum absolute atomic E-state index is 13.1. The molecule has 1 aromatic carbocycles. The molecule has 1 aliphatic rings. The zero-order chi connectivity index (χ0) is 21.9. The number of nitrogens with zero attached hydrogens (tertiary/aromatic N) is 3. The van der Waals surface area contributed by atoms with Gasteiger partial charge in [0.2, 0.25) is 0 Å². The fourth-order valence-corrected chi connectivity index (χ4v) is 3.20. The van der Waals surface area contributed by atoms with E-state index in [2.05, 4.69) is 6.07 Å². The summed E-state index contributed by atoms with van der Waals surface area (Å²) in [7, 11) is 1.66. The average molecular weight is 402 g/mol. The van der Waals surface area contributed by atoms with Crippen LogP contribution in [0.3, 0.4) is 0 Å². The Bertz CT molecular complexity index is 807. The number of benzene rings is 1. The Morgan fingerprint density at radius 3 is 2.62 bits per heavy atom. The highest BCUT2D eigenvalue weighted by atomic mass is 16.6. The third kappa shape index (κ3) is 5.41. The minimum atomic E-state index is -0.597. The molecule has 0 radical (unpaired) electrons. The molecule has 0 aromatic heterocycles. The zero-order valence-electron chi connectivity index (χ0n) is 18.4. The van der Waals surface area contributed by atoms with Gasteiger partial charge in [-0.3, -0.25) is 4.79 Å². The summed E-state index contributed by atoms with van der Waals surface area (Å²) in [6, 6.07) is 7.10. The Balaban J connectivity index is 2.39. The molecule has 0 fully saturated rings. The second kappa shape index (κ2) is 8.73. The van der Waals surface area contributed by atoms with E-state index < -0.39 is 17.8 Å². The van der Waals surface area contributed by atoms with Crippen LogP contribution in [-0.2, 0) is 4.74 Å². The van der Waals surface area contributed by atoms with Crippen molar-refractivity contribution in [2.24, 2.45) is 5.92 Å². The number of hydrogen-bond donors (Lipinski definition) is 0. The van der Waals surface area contributed by atoms with Gasteiger partial charge in [0.1, 0.15) is 23.5 Å². The molecule has 1 heterocycles. The van der Waals surface area contributed by atoms with Gasteiger partial charge >= 0.3 is 6.09 Å². The van der Waals surface area contributed by atoms with Gasteiger partial charge in [0.15, 0.2) is 0 Å². The highest BCUT2D eigenvalue weighted by molar-refractivity contribution is 5.98. The van der Waals surface area contributed by atoms with Crippen molar-refractivity contribution in [1.82, 2.24) is 9.80 Å². The Labute approximate surface area is 173 Å². The number of fused-ring (bicyclic) bond motifs is 1. The number of amides is 2. The van der Waals surface area contributed by atoms with Gasteiger partial charge in [-0.2, -0.15) is 5.26 Å². The van der Waals surface area contributed by atoms with Crippen LogP contribution in [0.4, 0.5) is 4.79 Å². The fourth-order valence-electron chi connectivity index (χ4n) is 3.20. The summed E-state index contributed by atoms with van der Waals surface area (Å²) in [5.41, 5.74) is 0.0772. The molecular formula is C22H31N3O4. The fraction of sp³-hybridized carbons (Fsp3) is 0.591. The maximum Gasteiger partial charge on any atom is 0.410 e. The summed E-state index contributed by atoms with van der Waals surface area (Å²) in [6.45, 7) is 12.1. The summed E-state index contributed by atoms with van der Waals surface area (Å²) >= 11 is 0. The van der Waals surface area contributed by atoms with Crippen LogP contribution in [-0.4, -0.2) is 59.7 Å². The SMILES string of the molecule is CC1CN(C(C)C)C(=O)c2cccc(C#N)c2OC1CN(C)C(=O)OC(C)(C)C. The highest BCUT2D eigenvalue weighted by Gasteiger charge is 2.34. The van der Waals surface area contributed by atoms with Gasteiger partial charge in [0.05, 0.1) is 17.7 Å². The Morgan fingerprint density at radius 1 is 1.41 bits per heavy atom. The van der Waals surface area contributed by atoms with E-state index >= 15 is 0 Å². The van der Waals surface area contributed by atoms with E-state index in [1.165, 1.54) is 4.90 Å². The molecule has 2 rings (SSSR count). The Hall–Kier alpha value is -2.75. The van der Waals surface area contributed by atoms with Crippen LogP contribution in [0.25, 0.3) is 0 Å². The number of nitriles is 1. The molecular weight excluding hydrogens is 370 g/mol. The summed E-state index contributed by atoms with van der Waals surface area (Å²) < 4.78 is 11.6. The molecule has 0 N–H and O–H groups in total. The lowest BCUT2D eigenvalue weighted by atomic mass is 9.98. The Kier molecular flexibility index (Phi) is 6.78. The highest BCUT2D eigenvalue weighted by Crippen LogP contribution is 2.31. The summed E-state index contributed by atoms with van der Waals surface area (Å²) in [5, 5.41) is 9.53. The number of hydrogen-bond acceptors (Lipinski definition) is 5. The number of para-hydroxylation sites is 1. The van der Waals surface area contributed by atoms with E-state index in [0.717, 1.165) is 0 Å². The molecule has 0 saturated carbocycles. The van der Waals surface area contributed by atoms with Crippen molar-refractivity contribution < 1.29 is 19.1 Å². The predicted molar refractivity (Wildman–Crippen MR) is 110 cm³/mol. The first-order valence-corrected chi connectivity index (χ1v) is 9.89. The third-order valence-electron chi connectivity index (χ3n) is 4.80. The van der Waals surface area contributed by atoms with E-state index in [0.29, 0.717) is 17.7 Å². The molecule has 7 heteroatoms. The van der Waals surface area contributed by atoms with Gasteiger partial charge in [0, 0.05) is 25.6 Å². The third-order valence-corrected chi connectivity index (χ3v) is 4.80. The number of rotatable bonds is 3. The van der Waals surface area contributed by atoms with E-state index in [1.807, 2.05) is 41.5 Å². The summed E-state index contributed by atoms with van der Waals surface area (Å²) in [5.74, 6) is 0.0591. The van der Waals surface area contributed by atoms with Crippen LogP contribution in [0.15, 0.2) is 18.2 Å². The van der Waals surface area contributed by atoms with Crippen molar-refractivity contribution in [2.75, 3.05) is 20.1 Å². The zero-order valence-corrected chi connectivity index (χ0v) is 18.4. The van der Waals surface area contributed by atoms with Gasteiger partial charge in [-0.05, 0) is 46.8 Å². The predicted octanol–water partition coefficient (Wildman–Crippen LogP) is 3.67. The van der Waals surface area contributed by atoms with Crippen LogP contribution in [0.5, 0.6) is 5.75 Å². The molecule has 0 bridgehead atoms. The topological polar surface area (TPSA) is 82.9 Å². The second-order valence-electron chi connectivity index (χ2n) is 8.84. The van der Waals surface area contributed by atoms with Crippen molar-refractivity contribution in [3.8, 4) is 11.8 Å². The molecule has 2 atom stereocenters. The first-order valence-electron chi connectivity index (χ1n) is 9.89. The van der Waals surface area contributed by atoms with E-state index in [9.17, 15) is 14.9 Å². The number of carbonyl (C=O) groups is 2. The summed E-state index contributed by atoms with van der Waals surface area (Å²) in [4.78, 5) is 28.8. The monoisotopic (exact) mass is 401 g/mol. The minimum Gasteiger partial charge on any atom is -0.486 e. The lowest BCUT2D eigenvalue weighted by Gasteiger charge is -2.38. The lowest BCUT2D eigenvalue weighted by molar-refractivity contribution is 0.0129. The van der Waals surface area contributed by atoms with Gasteiger partial charge in [-0.1, -0.05) is 13.0 Å². The number of carbonyl (C=O) groups excluding carboxylic acids is 2. The summed E-state index contributed by atoms with van der Waals surface area (Å²) in [6.07, 6.45) is -0.851. The molecule has 0 aliphatic carbocycles. The van der Waals surface area contributed by atoms with Crippen LogP contribution in [0, 0.1) is 17.2 Å². The number of likely N-dealkylation sites (N-methyl/N-ethyl adjacent to an activating group) is 1. The van der Waals surface area contributed by atoms with E-state index in [1.54, 1.807) is 30.1 Å². The molecule has 1 aromatic rings. The van der Waals surface area contributed by atoms with Crippen molar-refractivity contribution in [3.63, 3.8) is 0 Å². The van der Waals surface area contributed by atoms with E-state index in [4.69, 9.17) is 9.47 Å². The van der Waals surface area contributed by atoms with Crippen molar-refractivity contribution in [2.45, 2.75) is 59.3 Å². The molecule has 158 valence electrons. The van der Waals surface area contributed by atoms with Gasteiger partial charge < -0.3 is 19.3 Å². The normalized spacial score (nSPS) is 19.6. The Morgan fingerprint density at radius 2 is 2.07 bits per heavy atom. The minimum absolute atomic E-state index is 0.00845. The largest absolute Gasteiger partial charge is 0.486 e. The van der Waals surface area contributed by atoms with Crippen molar-refractivity contribution >= 4 is 12.0 Å². The van der Waals surface area contributed by atoms with Gasteiger partial charge in [0.25, 0.3) is 5.91 Å². The van der Waals surface area contributed by atoms with Crippen LogP contribution < -0.4 is 4.74 Å². The molecule has 1 aliphatic heterocycles. The van der Waals surface area contributed by atoms with Crippen molar-refractivity contribution in [3.05, 3.63) is 29.3 Å². The molecule has 0 spiro atoms. The molecule has 29 heavy (non-hydrogen) atoms. The van der Waals surface area contributed by atoms with Crippen LogP contribution >= 0.6 is 0 Å². The average Bonchev–Trinajstić information content (AvgIpc) is 2.62. The molecule has 0 saturated heterocycles. The van der Waals surface area contributed by atoms with Gasteiger partial charge in [-0.15, -0.1) is 0 Å². The van der Waals surface area contributed by atoms with Crippen LogP contribution in [0.2, 0.25) is 0 Å². The van der Waals surface area contributed by atoms with Gasteiger partial charge in [-0.25, -0.2) is 4.79 Å². The first-order chi connectivity index (χ1) is 13.4. The molecule has 2 amide bonds. The molecule has 7 nitrogen and oxygen atoms in total. The second-order valence-corrected chi connectivity index (χ2v) is 8.84. The van der Waals surface area contributed by atoms with E-state index in [-0.39, 0.29) is 30.2 Å². The number of ether oxygens (including phenoxy) is 2.